The maximum atomic E-state index is 12.4. The Morgan fingerprint density at radius 3 is 2.62 bits per heavy atom. The zero-order valence-electron chi connectivity index (χ0n) is 13.3. The minimum absolute atomic E-state index is 0.0794. The number of rotatable bonds is 6. The lowest BCUT2D eigenvalue weighted by Gasteiger charge is -2.21. The summed E-state index contributed by atoms with van der Waals surface area (Å²) in [5.74, 6) is -0.604. The van der Waals surface area contributed by atoms with Crippen LogP contribution in [0, 0.1) is 5.92 Å². The van der Waals surface area contributed by atoms with Gasteiger partial charge in [-0.3, -0.25) is 9.59 Å². The number of furan rings is 1. The molecule has 0 bridgehead atoms. The van der Waals surface area contributed by atoms with Crippen molar-refractivity contribution in [2.24, 2.45) is 5.92 Å². The van der Waals surface area contributed by atoms with Crippen molar-refractivity contribution in [3.05, 3.63) is 57.4 Å². The lowest BCUT2D eigenvalue weighted by atomic mass is 10.0. The summed E-state index contributed by atoms with van der Waals surface area (Å²) in [6.07, 6.45) is 1.41. The summed E-state index contributed by atoms with van der Waals surface area (Å²) >= 11 is 9.48. The lowest BCUT2D eigenvalue weighted by molar-refractivity contribution is -0.124. The second-order valence-corrected chi connectivity index (χ2v) is 6.95. The number of hydrogen-bond donors (Lipinski definition) is 2. The van der Waals surface area contributed by atoms with E-state index in [1.807, 2.05) is 26.0 Å². The molecule has 24 heavy (non-hydrogen) atoms. The fourth-order valence-corrected chi connectivity index (χ4v) is 2.85. The van der Waals surface area contributed by atoms with Gasteiger partial charge in [-0.2, -0.15) is 0 Å². The van der Waals surface area contributed by atoms with Crippen molar-refractivity contribution < 1.29 is 14.0 Å². The van der Waals surface area contributed by atoms with Crippen molar-refractivity contribution in [2.75, 3.05) is 0 Å². The van der Waals surface area contributed by atoms with Crippen LogP contribution >= 0.6 is 27.5 Å². The van der Waals surface area contributed by atoms with Crippen LogP contribution < -0.4 is 10.6 Å². The van der Waals surface area contributed by atoms with Crippen LogP contribution in [0.1, 0.15) is 30.0 Å². The van der Waals surface area contributed by atoms with Gasteiger partial charge in [0.2, 0.25) is 5.91 Å². The maximum Gasteiger partial charge on any atom is 0.287 e. The van der Waals surface area contributed by atoms with E-state index in [9.17, 15) is 9.59 Å². The summed E-state index contributed by atoms with van der Waals surface area (Å²) in [5, 5.41) is 6.06. The van der Waals surface area contributed by atoms with Gasteiger partial charge in [-0.1, -0.05) is 47.4 Å². The van der Waals surface area contributed by atoms with Crippen LogP contribution in [0.2, 0.25) is 5.02 Å². The number of carbonyl (C=O) groups is 2. The van der Waals surface area contributed by atoms with Crippen LogP contribution in [0.4, 0.5) is 0 Å². The minimum Gasteiger partial charge on any atom is -0.459 e. The smallest absolute Gasteiger partial charge is 0.287 e. The van der Waals surface area contributed by atoms with Crippen molar-refractivity contribution in [1.29, 1.82) is 0 Å². The third-order valence-corrected chi connectivity index (χ3v) is 4.29. The zero-order chi connectivity index (χ0) is 17.7. The van der Waals surface area contributed by atoms with Crippen molar-refractivity contribution in [1.82, 2.24) is 10.6 Å². The highest BCUT2D eigenvalue weighted by Gasteiger charge is 2.25. The van der Waals surface area contributed by atoms with Gasteiger partial charge in [0.15, 0.2) is 5.76 Å². The quantitative estimate of drug-likeness (QED) is 0.757. The Morgan fingerprint density at radius 2 is 2.04 bits per heavy atom. The van der Waals surface area contributed by atoms with Gasteiger partial charge in [0.05, 0.1) is 6.26 Å². The topological polar surface area (TPSA) is 71.3 Å². The monoisotopic (exact) mass is 412 g/mol. The fourth-order valence-electron chi connectivity index (χ4n) is 2.11. The van der Waals surface area contributed by atoms with Gasteiger partial charge in [-0.15, -0.1) is 0 Å². The Balaban J connectivity index is 2.00. The van der Waals surface area contributed by atoms with Gasteiger partial charge in [-0.25, -0.2) is 0 Å². The predicted molar refractivity (Wildman–Crippen MR) is 95.8 cm³/mol. The van der Waals surface area contributed by atoms with Crippen molar-refractivity contribution in [2.45, 2.75) is 26.4 Å². The summed E-state index contributed by atoms with van der Waals surface area (Å²) in [6, 6.07) is 7.95. The molecule has 5 nitrogen and oxygen atoms in total. The van der Waals surface area contributed by atoms with Crippen LogP contribution in [-0.2, 0) is 11.3 Å². The highest BCUT2D eigenvalue weighted by molar-refractivity contribution is 9.10. The van der Waals surface area contributed by atoms with E-state index in [4.69, 9.17) is 16.0 Å². The van der Waals surface area contributed by atoms with Crippen molar-refractivity contribution >= 4 is 39.3 Å². The molecular formula is C17H18BrClN2O3. The van der Waals surface area contributed by atoms with Crippen molar-refractivity contribution in [3.63, 3.8) is 0 Å². The second kappa shape index (κ2) is 8.35. The molecule has 0 radical (unpaired) electrons. The minimum atomic E-state index is -0.670. The first-order valence-electron chi connectivity index (χ1n) is 7.44. The average Bonchev–Trinajstić information content (AvgIpc) is 3.05. The summed E-state index contributed by atoms with van der Waals surface area (Å²) in [6.45, 7) is 4.00. The standard InChI is InChI=1S/C17H18BrClN2O3/c1-10(2)15(21-16(22)14-4-3-7-24-14)17(23)20-9-11-5-6-12(18)8-13(11)19/h3-8,10,15H,9H2,1-2H3,(H,20,23)(H,21,22). The first kappa shape index (κ1) is 18.5. The molecule has 2 amide bonds. The number of carbonyl (C=O) groups excluding carboxylic acids is 2. The molecule has 0 saturated carbocycles. The van der Waals surface area contributed by atoms with Crippen molar-refractivity contribution in [3.8, 4) is 0 Å². The summed E-state index contributed by atoms with van der Waals surface area (Å²) < 4.78 is 5.92. The van der Waals surface area contributed by atoms with Crippen LogP contribution in [0.25, 0.3) is 0 Å². The Hall–Kier alpha value is -1.79. The van der Waals surface area contributed by atoms with E-state index in [0.29, 0.717) is 5.02 Å². The molecule has 0 aliphatic carbocycles. The zero-order valence-corrected chi connectivity index (χ0v) is 15.6. The summed E-state index contributed by atoms with van der Waals surface area (Å²) in [7, 11) is 0. The molecule has 1 aromatic heterocycles. The fraction of sp³-hybridized carbons (Fsp3) is 0.294. The molecule has 0 aliphatic rings. The molecule has 2 N–H and O–H groups in total. The van der Waals surface area contributed by atoms with E-state index in [2.05, 4.69) is 26.6 Å². The largest absolute Gasteiger partial charge is 0.459 e. The number of amides is 2. The number of benzene rings is 1. The van der Waals surface area contributed by atoms with Gasteiger partial charge in [-0.05, 0) is 35.7 Å². The van der Waals surface area contributed by atoms with E-state index < -0.39 is 11.9 Å². The SMILES string of the molecule is CC(C)C(NC(=O)c1ccco1)C(=O)NCc1ccc(Br)cc1Cl. The number of hydrogen-bond acceptors (Lipinski definition) is 3. The molecule has 2 aromatic rings. The van der Waals surface area contributed by atoms with Crippen LogP contribution in [0.15, 0.2) is 45.5 Å². The molecule has 1 unspecified atom stereocenters. The molecule has 0 spiro atoms. The predicted octanol–water partition coefficient (Wildman–Crippen LogP) is 3.77. The van der Waals surface area contributed by atoms with Gasteiger partial charge >= 0.3 is 0 Å². The van der Waals surface area contributed by atoms with E-state index in [1.165, 1.54) is 6.26 Å². The third-order valence-electron chi connectivity index (χ3n) is 3.45. The molecule has 1 heterocycles. The number of nitrogens with one attached hydrogen (secondary N) is 2. The number of halogens is 2. The molecule has 0 saturated heterocycles. The molecule has 2 rings (SSSR count). The van der Waals surface area contributed by atoms with Gasteiger partial charge in [0, 0.05) is 16.0 Å². The molecule has 1 atom stereocenters. The second-order valence-electron chi connectivity index (χ2n) is 5.63. The van der Waals surface area contributed by atoms with Crippen LogP contribution in [0.5, 0.6) is 0 Å². The van der Waals surface area contributed by atoms with E-state index in [1.54, 1.807) is 18.2 Å². The molecular weight excluding hydrogens is 396 g/mol. The van der Waals surface area contributed by atoms with E-state index in [-0.39, 0.29) is 24.1 Å². The van der Waals surface area contributed by atoms with Crippen LogP contribution in [0.3, 0.4) is 0 Å². The van der Waals surface area contributed by atoms with E-state index in [0.717, 1.165) is 10.0 Å². The third kappa shape index (κ3) is 4.85. The molecule has 1 aromatic carbocycles. The average molecular weight is 414 g/mol. The van der Waals surface area contributed by atoms with Gasteiger partial charge < -0.3 is 15.1 Å². The Labute approximate surface area is 153 Å². The molecule has 0 fully saturated rings. The first-order valence-corrected chi connectivity index (χ1v) is 8.61. The summed E-state index contributed by atoms with van der Waals surface area (Å²) in [5.41, 5.74) is 0.799. The highest BCUT2D eigenvalue weighted by Crippen LogP contribution is 2.21. The normalized spacial score (nSPS) is 12.0. The molecule has 0 aliphatic heterocycles. The van der Waals surface area contributed by atoms with E-state index >= 15 is 0 Å². The van der Waals surface area contributed by atoms with Gasteiger partial charge in [0.1, 0.15) is 6.04 Å². The Morgan fingerprint density at radius 1 is 1.29 bits per heavy atom. The molecule has 128 valence electrons. The first-order chi connectivity index (χ1) is 11.4. The molecule has 7 heteroatoms. The lowest BCUT2D eigenvalue weighted by Crippen LogP contribution is -2.49. The highest BCUT2D eigenvalue weighted by atomic mass is 79.9. The maximum absolute atomic E-state index is 12.4. The summed E-state index contributed by atoms with van der Waals surface area (Å²) in [4.78, 5) is 24.5. The van der Waals surface area contributed by atoms with Gasteiger partial charge in [0.25, 0.3) is 5.91 Å². The Bertz CT molecular complexity index is 717. The van der Waals surface area contributed by atoms with Crippen LogP contribution in [-0.4, -0.2) is 17.9 Å². The Kier molecular flexibility index (Phi) is 6.45.